The summed E-state index contributed by atoms with van der Waals surface area (Å²) in [6.45, 7) is 0.654. The van der Waals surface area contributed by atoms with Gasteiger partial charge in [-0.1, -0.05) is 30.4 Å². The molecule has 1 amide bonds. The summed E-state index contributed by atoms with van der Waals surface area (Å²) >= 11 is 1.71. The zero-order valence-corrected chi connectivity index (χ0v) is 19.0. The number of thiazole rings is 1. The minimum atomic E-state index is -0.0686. The van der Waals surface area contributed by atoms with Crippen LogP contribution in [0.15, 0.2) is 54.6 Å². The molecule has 1 aliphatic carbocycles. The van der Waals surface area contributed by atoms with Gasteiger partial charge in [-0.25, -0.2) is 4.98 Å². The number of rotatable bonds is 7. The Labute approximate surface area is 187 Å². The number of ether oxygens (including phenoxy) is 2. The second kappa shape index (κ2) is 9.52. The Morgan fingerprint density at radius 1 is 1.10 bits per heavy atom. The summed E-state index contributed by atoms with van der Waals surface area (Å²) in [5.41, 5.74) is 2.13. The Morgan fingerprint density at radius 3 is 2.65 bits per heavy atom. The number of hydrogen-bond acceptors (Lipinski definition) is 5. The number of fused-ring (bicyclic) bond motifs is 1. The summed E-state index contributed by atoms with van der Waals surface area (Å²) < 4.78 is 11.9. The zero-order valence-electron chi connectivity index (χ0n) is 18.2. The van der Waals surface area contributed by atoms with E-state index in [1.807, 2.05) is 48.3 Å². The lowest BCUT2D eigenvalue weighted by Crippen LogP contribution is -2.37. The van der Waals surface area contributed by atoms with Crippen LogP contribution < -0.4 is 9.47 Å². The molecular formula is C25H28N2O3S. The van der Waals surface area contributed by atoms with E-state index in [0.29, 0.717) is 18.0 Å². The van der Waals surface area contributed by atoms with Gasteiger partial charge in [0.15, 0.2) is 11.5 Å². The number of hydrogen-bond donors (Lipinski definition) is 0. The highest BCUT2D eigenvalue weighted by atomic mass is 32.1. The zero-order chi connectivity index (χ0) is 21.8. The molecule has 0 saturated carbocycles. The van der Waals surface area contributed by atoms with E-state index in [2.05, 4.69) is 18.2 Å². The van der Waals surface area contributed by atoms with Crippen molar-refractivity contribution in [1.82, 2.24) is 9.88 Å². The minimum Gasteiger partial charge on any atom is -0.493 e. The van der Waals surface area contributed by atoms with Crippen LogP contribution in [0.3, 0.4) is 0 Å². The van der Waals surface area contributed by atoms with E-state index in [0.717, 1.165) is 35.4 Å². The Balaban J connectivity index is 1.46. The Bertz CT molecular complexity index is 1060. The molecule has 0 aliphatic heterocycles. The first kappa shape index (κ1) is 21.4. The van der Waals surface area contributed by atoms with Crippen molar-refractivity contribution in [2.24, 2.45) is 5.92 Å². The van der Waals surface area contributed by atoms with E-state index in [1.54, 1.807) is 25.6 Å². The Kier molecular flexibility index (Phi) is 6.56. The van der Waals surface area contributed by atoms with Crippen LogP contribution in [0.2, 0.25) is 0 Å². The molecule has 1 heterocycles. The minimum absolute atomic E-state index is 0.0686. The smallest absolute Gasteiger partial charge is 0.226 e. The molecule has 0 saturated heterocycles. The van der Waals surface area contributed by atoms with Gasteiger partial charge in [-0.15, -0.1) is 11.3 Å². The molecule has 0 fully saturated rings. The van der Waals surface area contributed by atoms with E-state index < -0.39 is 0 Å². The summed E-state index contributed by atoms with van der Waals surface area (Å²) in [4.78, 5) is 20.1. The van der Waals surface area contributed by atoms with Gasteiger partial charge in [-0.05, 0) is 49.1 Å². The van der Waals surface area contributed by atoms with Gasteiger partial charge < -0.3 is 14.4 Å². The number of likely N-dealkylation sites (N-methyl/N-ethyl adjacent to an activating group) is 1. The second-order valence-electron chi connectivity index (χ2n) is 7.87. The maximum absolute atomic E-state index is 13.4. The van der Waals surface area contributed by atoms with Crippen molar-refractivity contribution >= 4 is 27.5 Å². The third-order valence-corrected chi connectivity index (χ3v) is 7.11. The van der Waals surface area contributed by atoms with E-state index in [-0.39, 0.29) is 17.7 Å². The normalized spacial score (nSPS) is 18.2. The summed E-state index contributed by atoms with van der Waals surface area (Å²) in [6.07, 6.45) is 6.70. The van der Waals surface area contributed by atoms with Gasteiger partial charge in [-0.2, -0.15) is 0 Å². The molecule has 162 valence electrons. The number of allylic oxidation sites excluding steroid dienone is 2. The van der Waals surface area contributed by atoms with Crippen molar-refractivity contribution in [2.75, 3.05) is 27.8 Å². The number of nitrogens with zero attached hydrogens (tertiary/aromatic N) is 2. The Morgan fingerprint density at radius 2 is 1.87 bits per heavy atom. The van der Waals surface area contributed by atoms with Crippen LogP contribution in [0.25, 0.3) is 10.2 Å². The SMILES string of the molecule is COc1ccc(CCN(C)C(=O)C2CC=CCC2c2nc3ccccc3s2)cc1OC. The second-order valence-corrected chi connectivity index (χ2v) is 8.94. The number of amides is 1. The fraction of sp³-hybridized carbons (Fsp3) is 0.360. The molecule has 1 aliphatic rings. The summed E-state index contributed by atoms with van der Waals surface area (Å²) in [7, 11) is 5.16. The maximum atomic E-state index is 13.4. The molecule has 0 bridgehead atoms. The fourth-order valence-electron chi connectivity index (χ4n) is 4.13. The fourth-order valence-corrected chi connectivity index (χ4v) is 5.28. The van der Waals surface area contributed by atoms with Crippen LogP contribution in [0, 0.1) is 5.92 Å². The van der Waals surface area contributed by atoms with Crippen LogP contribution in [0.1, 0.15) is 29.3 Å². The van der Waals surface area contributed by atoms with E-state index in [1.165, 1.54) is 4.70 Å². The molecule has 1 aromatic heterocycles. The van der Waals surface area contributed by atoms with Crippen molar-refractivity contribution in [1.29, 1.82) is 0 Å². The lowest BCUT2D eigenvalue weighted by atomic mass is 9.82. The molecule has 4 rings (SSSR count). The average molecular weight is 437 g/mol. The van der Waals surface area contributed by atoms with E-state index >= 15 is 0 Å². The molecule has 2 unspecified atom stereocenters. The predicted molar refractivity (Wildman–Crippen MR) is 125 cm³/mol. The first-order valence-corrected chi connectivity index (χ1v) is 11.4. The molecule has 3 aromatic rings. The molecule has 0 N–H and O–H groups in total. The Hall–Kier alpha value is -2.86. The van der Waals surface area contributed by atoms with Gasteiger partial charge in [-0.3, -0.25) is 4.79 Å². The van der Waals surface area contributed by atoms with Crippen LogP contribution in [-0.4, -0.2) is 43.6 Å². The van der Waals surface area contributed by atoms with Gasteiger partial charge in [0.2, 0.25) is 5.91 Å². The molecule has 0 radical (unpaired) electrons. The third kappa shape index (κ3) is 4.59. The number of aromatic nitrogens is 1. The number of methoxy groups -OCH3 is 2. The van der Waals surface area contributed by atoms with Gasteiger partial charge >= 0.3 is 0 Å². The number of para-hydroxylation sites is 1. The van der Waals surface area contributed by atoms with E-state index in [4.69, 9.17) is 14.5 Å². The molecule has 2 atom stereocenters. The molecule has 5 nitrogen and oxygen atoms in total. The van der Waals surface area contributed by atoms with Gasteiger partial charge in [0.25, 0.3) is 0 Å². The molecule has 31 heavy (non-hydrogen) atoms. The molecule has 0 spiro atoms. The van der Waals surface area contributed by atoms with Crippen LogP contribution in [0.4, 0.5) is 0 Å². The maximum Gasteiger partial charge on any atom is 0.226 e. The highest BCUT2D eigenvalue weighted by Gasteiger charge is 2.33. The molecule has 2 aromatic carbocycles. The molecular weight excluding hydrogens is 408 g/mol. The standard InChI is InChI=1S/C25H28N2O3S/c1-27(15-14-17-12-13-21(29-2)22(16-17)30-3)25(28)19-9-5-4-8-18(19)24-26-20-10-6-7-11-23(20)31-24/h4-7,10-13,16,18-19H,8-9,14-15H2,1-3H3. The number of carbonyl (C=O) groups excluding carboxylic acids is 1. The van der Waals surface area contributed by atoms with Crippen molar-refractivity contribution in [2.45, 2.75) is 25.2 Å². The molecule has 6 heteroatoms. The van der Waals surface area contributed by atoms with Crippen LogP contribution in [0.5, 0.6) is 11.5 Å². The summed E-state index contributed by atoms with van der Waals surface area (Å²) in [6, 6.07) is 14.1. The van der Waals surface area contributed by atoms with Gasteiger partial charge in [0.1, 0.15) is 0 Å². The lowest BCUT2D eigenvalue weighted by molar-refractivity contribution is -0.135. The lowest BCUT2D eigenvalue weighted by Gasteiger charge is -2.30. The van der Waals surface area contributed by atoms with Crippen molar-refractivity contribution in [3.05, 3.63) is 65.2 Å². The van der Waals surface area contributed by atoms with Gasteiger partial charge in [0, 0.05) is 19.5 Å². The summed E-state index contributed by atoms with van der Waals surface area (Å²) in [5, 5.41) is 1.07. The summed E-state index contributed by atoms with van der Waals surface area (Å²) in [5.74, 6) is 1.68. The monoisotopic (exact) mass is 436 g/mol. The first-order chi connectivity index (χ1) is 15.1. The van der Waals surface area contributed by atoms with Crippen molar-refractivity contribution in [3.8, 4) is 11.5 Å². The van der Waals surface area contributed by atoms with Crippen molar-refractivity contribution < 1.29 is 14.3 Å². The van der Waals surface area contributed by atoms with Crippen molar-refractivity contribution in [3.63, 3.8) is 0 Å². The number of benzene rings is 2. The van der Waals surface area contributed by atoms with E-state index in [9.17, 15) is 4.79 Å². The predicted octanol–water partition coefficient (Wildman–Crippen LogP) is 5.06. The quantitative estimate of drug-likeness (QED) is 0.486. The van der Waals surface area contributed by atoms with Crippen LogP contribution >= 0.6 is 11.3 Å². The topological polar surface area (TPSA) is 51.7 Å². The largest absolute Gasteiger partial charge is 0.493 e. The van der Waals surface area contributed by atoms with Gasteiger partial charge in [0.05, 0.1) is 35.4 Å². The highest BCUT2D eigenvalue weighted by molar-refractivity contribution is 7.18. The first-order valence-electron chi connectivity index (χ1n) is 10.6. The third-order valence-electron chi connectivity index (χ3n) is 5.94. The number of carbonyl (C=O) groups is 1. The van der Waals surface area contributed by atoms with Crippen LogP contribution in [-0.2, 0) is 11.2 Å². The highest BCUT2D eigenvalue weighted by Crippen LogP contribution is 2.39. The average Bonchev–Trinajstić information content (AvgIpc) is 3.26.